The van der Waals surface area contributed by atoms with Crippen LogP contribution in [-0.4, -0.2) is 11.8 Å². The Morgan fingerprint density at radius 2 is 1.42 bits per heavy atom. The van der Waals surface area contributed by atoms with Crippen LogP contribution in [0.2, 0.25) is 0 Å². The van der Waals surface area contributed by atoms with E-state index in [1.54, 1.807) is 0 Å². The van der Waals surface area contributed by atoms with Crippen molar-refractivity contribution in [2.75, 3.05) is 10.6 Å². The van der Waals surface area contributed by atoms with Crippen LogP contribution in [-0.2, 0) is 15.8 Å². The molecule has 0 saturated carbocycles. The summed E-state index contributed by atoms with van der Waals surface area (Å²) in [4.78, 5) is 23.2. The smallest absolute Gasteiger partial charge is 0.318 e. The van der Waals surface area contributed by atoms with Crippen LogP contribution in [0.25, 0.3) is 0 Å². The fraction of sp³-hybridized carbons (Fsp3) is 0.0667. The molecule has 0 atom stereocenters. The van der Waals surface area contributed by atoms with Crippen LogP contribution in [0.3, 0.4) is 0 Å². The predicted molar refractivity (Wildman–Crippen MR) is 75.1 cm³/mol. The van der Waals surface area contributed by atoms with Gasteiger partial charge in [0, 0.05) is 11.8 Å². The second-order valence-corrected chi connectivity index (χ2v) is 4.61. The summed E-state index contributed by atoms with van der Waals surface area (Å²) in [5.74, 6) is -4.33. The van der Waals surface area contributed by atoms with Crippen LogP contribution < -0.4 is 10.6 Å². The van der Waals surface area contributed by atoms with Crippen molar-refractivity contribution in [3.05, 3.63) is 59.7 Å². The molecule has 2 aromatic carbocycles. The number of nitrogens with one attached hydrogen (secondary N) is 2. The largest absolute Gasteiger partial charge is 0.416 e. The minimum atomic E-state index is -4.53. The zero-order valence-corrected chi connectivity index (χ0v) is 11.7. The van der Waals surface area contributed by atoms with Crippen molar-refractivity contribution in [1.29, 1.82) is 0 Å². The highest BCUT2D eigenvalue weighted by Crippen LogP contribution is 2.29. The summed E-state index contributed by atoms with van der Waals surface area (Å²) in [6.45, 7) is 0. The van der Waals surface area contributed by atoms with Gasteiger partial charge in [-0.15, -0.1) is 0 Å². The Labute approximate surface area is 132 Å². The Morgan fingerprint density at radius 1 is 0.833 bits per heavy atom. The van der Waals surface area contributed by atoms with E-state index in [0.29, 0.717) is 6.07 Å². The molecule has 0 aliphatic rings. The van der Waals surface area contributed by atoms with Crippen LogP contribution in [0.5, 0.6) is 0 Å². The van der Waals surface area contributed by atoms with Gasteiger partial charge in [-0.1, -0.05) is 0 Å². The molecule has 4 nitrogen and oxygen atoms in total. The zero-order valence-electron chi connectivity index (χ0n) is 11.7. The molecular weight excluding hydrogens is 335 g/mol. The van der Waals surface area contributed by atoms with Gasteiger partial charge in [0.2, 0.25) is 0 Å². The lowest BCUT2D eigenvalue weighted by Crippen LogP contribution is -2.29. The molecule has 9 heteroatoms. The third-order valence-electron chi connectivity index (χ3n) is 2.85. The van der Waals surface area contributed by atoms with Gasteiger partial charge in [0.15, 0.2) is 0 Å². The summed E-state index contributed by atoms with van der Waals surface area (Å²) in [6.07, 6.45) is -4.53. The molecule has 0 aromatic heterocycles. The highest BCUT2D eigenvalue weighted by molar-refractivity contribution is 6.43. The first-order chi connectivity index (χ1) is 11.2. The van der Waals surface area contributed by atoms with Crippen LogP contribution in [0.4, 0.5) is 33.3 Å². The topological polar surface area (TPSA) is 58.2 Å². The summed E-state index contributed by atoms with van der Waals surface area (Å²) < 4.78 is 63.5. The van der Waals surface area contributed by atoms with E-state index in [1.807, 2.05) is 10.6 Å². The Kier molecular flexibility index (Phi) is 4.82. The quantitative estimate of drug-likeness (QED) is 0.646. The first kappa shape index (κ1) is 17.4. The lowest BCUT2D eigenvalue weighted by Gasteiger charge is -2.09. The van der Waals surface area contributed by atoms with Gasteiger partial charge in [-0.3, -0.25) is 9.59 Å². The number of halogens is 5. The average molecular weight is 344 g/mol. The fourth-order valence-corrected chi connectivity index (χ4v) is 1.70. The van der Waals surface area contributed by atoms with Crippen molar-refractivity contribution in [2.24, 2.45) is 0 Å². The SMILES string of the molecule is O=C(Nc1ccc(C(F)(F)F)cc1)C(=O)Nc1cc(F)ccc1F. The summed E-state index contributed by atoms with van der Waals surface area (Å²) in [5.41, 5.74) is -1.53. The van der Waals surface area contributed by atoms with Crippen LogP contribution in [0.1, 0.15) is 5.56 Å². The van der Waals surface area contributed by atoms with Gasteiger partial charge >= 0.3 is 18.0 Å². The third kappa shape index (κ3) is 4.28. The molecule has 0 aliphatic heterocycles. The van der Waals surface area contributed by atoms with Gasteiger partial charge in [0.05, 0.1) is 11.3 Å². The number of benzene rings is 2. The number of anilines is 2. The van der Waals surface area contributed by atoms with Crippen molar-refractivity contribution in [1.82, 2.24) is 0 Å². The molecule has 24 heavy (non-hydrogen) atoms. The van der Waals surface area contributed by atoms with Crippen LogP contribution >= 0.6 is 0 Å². The molecule has 2 aromatic rings. The summed E-state index contributed by atoms with van der Waals surface area (Å²) >= 11 is 0. The number of carbonyl (C=O) groups is 2. The summed E-state index contributed by atoms with van der Waals surface area (Å²) in [7, 11) is 0. The van der Waals surface area contributed by atoms with Crippen molar-refractivity contribution >= 4 is 23.2 Å². The Hall–Kier alpha value is -2.97. The lowest BCUT2D eigenvalue weighted by molar-refractivity contribution is -0.137. The number of hydrogen-bond donors (Lipinski definition) is 2. The molecular formula is C15H9F5N2O2. The Morgan fingerprint density at radius 3 is 2.00 bits per heavy atom. The number of amides is 2. The number of alkyl halides is 3. The molecule has 0 bridgehead atoms. The van der Waals surface area contributed by atoms with Crippen LogP contribution in [0, 0.1) is 11.6 Å². The van der Waals surface area contributed by atoms with E-state index >= 15 is 0 Å². The van der Waals surface area contributed by atoms with E-state index in [1.165, 1.54) is 0 Å². The molecule has 0 radical (unpaired) electrons. The van der Waals surface area contributed by atoms with E-state index in [4.69, 9.17) is 0 Å². The molecule has 2 N–H and O–H groups in total. The number of carbonyl (C=O) groups excluding carboxylic acids is 2. The highest BCUT2D eigenvalue weighted by Gasteiger charge is 2.30. The number of rotatable bonds is 2. The highest BCUT2D eigenvalue weighted by atomic mass is 19.4. The van der Waals surface area contributed by atoms with Gasteiger partial charge in [0.1, 0.15) is 11.6 Å². The van der Waals surface area contributed by atoms with Crippen molar-refractivity contribution in [3.63, 3.8) is 0 Å². The number of hydrogen-bond acceptors (Lipinski definition) is 2. The first-order valence-corrected chi connectivity index (χ1v) is 6.41. The normalized spacial score (nSPS) is 11.0. The second-order valence-electron chi connectivity index (χ2n) is 4.61. The third-order valence-corrected chi connectivity index (χ3v) is 2.85. The Balaban J connectivity index is 2.04. The van der Waals surface area contributed by atoms with E-state index in [0.717, 1.165) is 36.4 Å². The lowest BCUT2D eigenvalue weighted by atomic mass is 10.2. The van der Waals surface area contributed by atoms with Gasteiger partial charge in [-0.25, -0.2) is 8.78 Å². The molecule has 2 rings (SSSR count). The van der Waals surface area contributed by atoms with Gasteiger partial charge < -0.3 is 10.6 Å². The molecule has 0 spiro atoms. The van der Waals surface area contributed by atoms with E-state index in [9.17, 15) is 31.5 Å². The summed E-state index contributed by atoms with van der Waals surface area (Å²) in [5, 5.41) is 3.90. The fourth-order valence-electron chi connectivity index (χ4n) is 1.70. The molecule has 126 valence electrons. The van der Waals surface area contributed by atoms with E-state index < -0.39 is 40.9 Å². The monoisotopic (exact) mass is 344 g/mol. The average Bonchev–Trinajstić information content (AvgIpc) is 2.50. The maximum atomic E-state index is 13.4. The second kappa shape index (κ2) is 6.65. The zero-order chi connectivity index (χ0) is 17.9. The predicted octanol–water partition coefficient (Wildman–Crippen LogP) is 3.56. The van der Waals surface area contributed by atoms with Crippen molar-refractivity contribution in [2.45, 2.75) is 6.18 Å². The molecule has 0 aliphatic carbocycles. The molecule has 0 unspecified atom stereocenters. The molecule has 0 fully saturated rings. The van der Waals surface area contributed by atoms with Crippen molar-refractivity contribution < 1.29 is 31.5 Å². The maximum absolute atomic E-state index is 13.4. The van der Waals surface area contributed by atoms with Gasteiger partial charge in [-0.2, -0.15) is 13.2 Å². The summed E-state index contributed by atoms with van der Waals surface area (Å²) in [6, 6.07) is 5.62. The standard InChI is InChI=1S/C15H9F5N2O2/c16-9-3-6-11(17)12(7-9)22-14(24)13(23)21-10-4-1-8(2-5-10)15(18,19)20/h1-7H,(H,21,23)(H,22,24). The molecule has 0 saturated heterocycles. The van der Waals surface area contributed by atoms with E-state index in [2.05, 4.69) is 0 Å². The van der Waals surface area contributed by atoms with Gasteiger partial charge in [0.25, 0.3) is 0 Å². The van der Waals surface area contributed by atoms with Crippen LogP contribution in [0.15, 0.2) is 42.5 Å². The molecule has 2 amide bonds. The minimum absolute atomic E-state index is 0.0668. The molecule has 0 heterocycles. The Bertz CT molecular complexity index is 772. The van der Waals surface area contributed by atoms with E-state index in [-0.39, 0.29) is 5.69 Å². The van der Waals surface area contributed by atoms with Crippen molar-refractivity contribution in [3.8, 4) is 0 Å². The minimum Gasteiger partial charge on any atom is -0.318 e. The first-order valence-electron chi connectivity index (χ1n) is 6.41. The maximum Gasteiger partial charge on any atom is 0.416 e. The van der Waals surface area contributed by atoms with Gasteiger partial charge in [-0.05, 0) is 36.4 Å².